The highest BCUT2D eigenvalue weighted by Crippen LogP contribution is 2.44. The number of aliphatic hydroxyl groups is 2. The summed E-state index contributed by atoms with van der Waals surface area (Å²) in [6.45, 7) is 0.690. The van der Waals surface area contributed by atoms with E-state index < -0.39 is 0 Å². The van der Waals surface area contributed by atoms with Crippen molar-refractivity contribution in [3.63, 3.8) is 0 Å². The molecule has 4 unspecified atom stereocenters. The van der Waals surface area contributed by atoms with Crippen molar-refractivity contribution in [3.8, 4) is 0 Å². The molecule has 0 bridgehead atoms. The van der Waals surface area contributed by atoms with E-state index in [1.807, 2.05) is 47.0 Å². The molecule has 24 heavy (non-hydrogen) atoms. The molecule has 0 aromatic rings. The lowest BCUT2D eigenvalue weighted by molar-refractivity contribution is 0.301. The second kappa shape index (κ2) is 11.1. The molecule has 3 rings (SSSR count). The van der Waals surface area contributed by atoms with Gasteiger partial charge in [0, 0.05) is 44.0 Å². The number of hydrogen-bond acceptors (Lipinski definition) is 8. The van der Waals surface area contributed by atoms with E-state index in [2.05, 4.69) is 23.5 Å². The molecule has 4 atom stereocenters. The Balaban J connectivity index is 1.25. The monoisotopic (exact) mass is 444 g/mol. The zero-order valence-electron chi connectivity index (χ0n) is 13.9. The Kier molecular flexibility index (Phi) is 9.62. The molecule has 8 heteroatoms. The summed E-state index contributed by atoms with van der Waals surface area (Å²) in [7, 11) is 0. The molecular formula is C16H28O2S6. The Morgan fingerprint density at radius 3 is 1.46 bits per heavy atom. The summed E-state index contributed by atoms with van der Waals surface area (Å²) >= 11 is 12.4. The van der Waals surface area contributed by atoms with E-state index in [-0.39, 0.29) is 0 Å². The van der Waals surface area contributed by atoms with Crippen LogP contribution in [0.1, 0.15) is 25.7 Å². The predicted molar refractivity (Wildman–Crippen MR) is 120 cm³/mol. The minimum atomic E-state index is 0.345. The zero-order valence-corrected chi connectivity index (χ0v) is 18.8. The van der Waals surface area contributed by atoms with Gasteiger partial charge in [0.2, 0.25) is 0 Å². The van der Waals surface area contributed by atoms with Crippen molar-refractivity contribution < 1.29 is 10.2 Å². The van der Waals surface area contributed by atoms with Crippen molar-refractivity contribution in [2.45, 2.75) is 55.8 Å². The van der Waals surface area contributed by atoms with Crippen molar-refractivity contribution in [3.05, 3.63) is 0 Å². The SMILES string of the molecule is OCC1CSC(CSC2CCC(SCC3SCC(CO)S3)CC2)S1. The highest BCUT2D eigenvalue weighted by molar-refractivity contribution is 8.22. The lowest BCUT2D eigenvalue weighted by Crippen LogP contribution is -2.20. The van der Waals surface area contributed by atoms with Crippen LogP contribution in [-0.4, -0.2) is 76.6 Å². The van der Waals surface area contributed by atoms with Crippen molar-refractivity contribution in [1.29, 1.82) is 0 Å². The molecule has 0 spiro atoms. The van der Waals surface area contributed by atoms with Crippen LogP contribution in [0.3, 0.4) is 0 Å². The van der Waals surface area contributed by atoms with Gasteiger partial charge in [-0.3, -0.25) is 0 Å². The van der Waals surface area contributed by atoms with E-state index >= 15 is 0 Å². The lowest BCUT2D eigenvalue weighted by Gasteiger charge is -2.28. The summed E-state index contributed by atoms with van der Waals surface area (Å²) in [5.41, 5.74) is 0. The minimum absolute atomic E-state index is 0.345. The summed E-state index contributed by atoms with van der Waals surface area (Å²) in [6.07, 6.45) is 5.55. The van der Waals surface area contributed by atoms with Gasteiger partial charge in [0.15, 0.2) is 0 Å². The number of hydrogen-bond donors (Lipinski definition) is 2. The molecule has 2 saturated heterocycles. The van der Waals surface area contributed by atoms with Gasteiger partial charge in [-0.05, 0) is 25.7 Å². The topological polar surface area (TPSA) is 40.5 Å². The van der Waals surface area contributed by atoms with Gasteiger partial charge in [-0.2, -0.15) is 23.5 Å². The Bertz CT molecular complexity index is 332. The van der Waals surface area contributed by atoms with Crippen molar-refractivity contribution in [2.24, 2.45) is 0 Å². The second-order valence-electron chi connectivity index (χ2n) is 6.47. The Labute approximate surface area is 172 Å². The molecule has 0 amide bonds. The molecule has 2 N–H and O–H groups in total. The molecule has 0 radical (unpaired) electrons. The number of aliphatic hydroxyl groups excluding tert-OH is 2. The third kappa shape index (κ3) is 6.57. The van der Waals surface area contributed by atoms with Gasteiger partial charge in [-0.25, -0.2) is 0 Å². The third-order valence-corrected chi connectivity index (χ3v) is 14.9. The summed E-state index contributed by atoms with van der Waals surface area (Å²) in [5, 5.41) is 21.1. The standard InChI is InChI=1S/C16H28O2S6/c17-5-13-7-21-15(23-13)9-19-11-1-2-12(4-3-11)20-10-16-22-8-14(6-18)24-16/h11-18H,1-10H2. The maximum Gasteiger partial charge on any atom is 0.0597 e. The minimum Gasteiger partial charge on any atom is -0.395 e. The number of rotatable bonds is 8. The van der Waals surface area contributed by atoms with Gasteiger partial charge in [0.05, 0.1) is 22.4 Å². The maximum atomic E-state index is 9.23. The molecule has 3 fully saturated rings. The Hall–Kier alpha value is 2.02. The summed E-state index contributed by atoms with van der Waals surface area (Å²) in [4.78, 5) is 0. The molecule has 2 aliphatic heterocycles. The van der Waals surface area contributed by atoms with Crippen LogP contribution in [0.5, 0.6) is 0 Å². The first-order valence-corrected chi connectivity index (χ1v) is 14.8. The Morgan fingerprint density at radius 2 is 1.12 bits per heavy atom. The highest BCUT2D eigenvalue weighted by Gasteiger charge is 2.29. The van der Waals surface area contributed by atoms with Crippen LogP contribution in [0.25, 0.3) is 0 Å². The summed E-state index contributed by atoms with van der Waals surface area (Å²) in [6, 6.07) is 0. The predicted octanol–water partition coefficient (Wildman–Crippen LogP) is 4.10. The van der Waals surface area contributed by atoms with Crippen molar-refractivity contribution in [2.75, 3.05) is 36.2 Å². The molecule has 0 aromatic carbocycles. The van der Waals surface area contributed by atoms with Crippen LogP contribution in [0.2, 0.25) is 0 Å². The van der Waals surface area contributed by atoms with Gasteiger partial charge in [0.1, 0.15) is 0 Å². The molecule has 1 saturated carbocycles. The van der Waals surface area contributed by atoms with Gasteiger partial charge < -0.3 is 10.2 Å². The van der Waals surface area contributed by atoms with Crippen LogP contribution in [0.15, 0.2) is 0 Å². The van der Waals surface area contributed by atoms with E-state index in [1.54, 1.807) is 0 Å². The smallest absolute Gasteiger partial charge is 0.0597 e. The van der Waals surface area contributed by atoms with Crippen LogP contribution in [-0.2, 0) is 0 Å². The fraction of sp³-hybridized carbons (Fsp3) is 1.00. The van der Waals surface area contributed by atoms with Crippen molar-refractivity contribution in [1.82, 2.24) is 0 Å². The molecule has 140 valence electrons. The van der Waals surface area contributed by atoms with Gasteiger partial charge >= 0.3 is 0 Å². The second-order valence-corrected chi connectivity index (χ2v) is 15.2. The summed E-state index contributed by atoms with van der Waals surface area (Å²) in [5.74, 6) is 4.77. The quantitative estimate of drug-likeness (QED) is 0.580. The zero-order chi connectivity index (χ0) is 16.8. The largest absolute Gasteiger partial charge is 0.395 e. The van der Waals surface area contributed by atoms with E-state index in [4.69, 9.17) is 0 Å². The molecular weight excluding hydrogens is 417 g/mol. The van der Waals surface area contributed by atoms with Crippen LogP contribution >= 0.6 is 70.6 Å². The van der Waals surface area contributed by atoms with E-state index in [9.17, 15) is 10.2 Å². The summed E-state index contributed by atoms with van der Waals surface area (Å²) < 4.78 is 1.41. The Morgan fingerprint density at radius 1 is 0.708 bits per heavy atom. The fourth-order valence-electron chi connectivity index (χ4n) is 3.18. The average molecular weight is 445 g/mol. The first kappa shape index (κ1) is 20.7. The fourth-order valence-corrected chi connectivity index (χ4v) is 12.8. The molecule has 1 aliphatic carbocycles. The first-order chi connectivity index (χ1) is 11.8. The van der Waals surface area contributed by atoms with E-state index in [1.165, 1.54) is 37.2 Å². The van der Waals surface area contributed by atoms with Gasteiger partial charge in [-0.1, -0.05) is 0 Å². The molecule has 2 heterocycles. The number of thioether (sulfide) groups is 6. The highest BCUT2D eigenvalue weighted by atomic mass is 32.2. The van der Waals surface area contributed by atoms with Crippen molar-refractivity contribution >= 4 is 70.6 Å². The van der Waals surface area contributed by atoms with Crippen LogP contribution in [0, 0.1) is 0 Å². The lowest BCUT2D eigenvalue weighted by atomic mass is 10.00. The van der Waals surface area contributed by atoms with Crippen LogP contribution in [0.4, 0.5) is 0 Å². The van der Waals surface area contributed by atoms with Gasteiger partial charge in [0.25, 0.3) is 0 Å². The third-order valence-electron chi connectivity index (χ3n) is 4.59. The molecule has 0 aromatic heterocycles. The first-order valence-electron chi connectivity index (χ1n) is 8.76. The van der Waals surface area contributed by atoms with Crippen LogP contribution < -0.4 is 0 Å². The molecule has 2 nitrogen and oxygen atoms in total. The average Bonchev–Trinajstić information content (AvgIpc) is 3.28. The van der Waals surface area contributed by atoms with E-state index in [0.717, 1.165) is 22.0 Å². The van der Waals surface area contributed by atoms with E-state index in [0.29, 0.717) is 32.9 Å². The van der Waals surface area contributed by atoms with Gasteiger partial charge in [-0.15, -0.1) is 47.0 Å². The normalized spacial score (nSPS) is 40.2. The maximum absolute atomic E-state index is 9.23. The molecule has 3 aliphatic rings.